The molecule has 2 aliphatic rings. The lowest BCUT2D eigenvalue weighted by Gasteiger charge is -2.37. The van der Waals surface area contributed by atoms with E-state index in [1.807, 2.05) is 43.3 Å². The molecule has 1 aliphatic heterocycles. The van der Waals surface area contributed by atoms with E-state index >= 15 is 0 Å². The predicted octanol–water partition coefficient (Wildman–Crippen LogP) is 5.28. The summed E-state index contributed by atoms with van der Waals surface area (Å²) in [6.45, 7) is 3.84. The molecule has 0 aromatic heterocycles. The van der Waals surface area contributed by atoms with E-state index in [1.54, 1.807) is 27.2 Å². The number of methoxy groups -OCH3 is 2. The molecule has 2 aromatic carbocycles. The van der Waals surface area contributed by atoms with Gasteiger partial charge < -0.3 is 19.5 Å². The Labute approximate surface area is 204 Å². The average Bonchev–Trinajstić information content (AvgIpc) is 2.83. The van der Waals surface area contributed by atoms with Crippen LogP contribution in [0.15, 0.2) is 65.0 Å². The van der Waals surface area contributed by atoms with Crippen LogP contribution in [0.25, 0.3) is 0 Å². The largest absolute Gasteiger partial charge is 0.497 e. The van der Waals surface area contributed by atoms with Gasteiger partial charge in [-0.3, -0.25) is 4.79 Å². The maximum atomic E-state index is 13.7. The van der Waals surface area contributed by atoms with Crippen LogP contribution in [0.1, 0.15) is 49.7 Å². The van der Waals surface area contributed by atoms with Gasteiger partial charge >= 0.3 is 5.97 Å². The van der Waals surface area contributed by atoms with E-state index in [0.717, 1.165) is 16.8 Å². The number of rotatable bonds is 6. The molecule has 7 heteroatoms. The predicted molar refractivity (Wildman–Crippen MR) is 130 cm³/mol. The van der Waals surface area contributed by atoms with E-state index in [-0.39, 0.29) is 18.3 Å². The number of esters is 1. The molecule has 2 atom stereocenters. The first-order chi connectivity index (χ1) is 16.4. The number of benzene rings is 2. The van der Waals surface area contributed by atoms with E-state index < -0.39 is 11.9 Å². The van der Waals surface area contributed by atoms with Crippen LogP contribution < -0.4 is 14.8 Å². The van der Waals surface area contributed by atoms with Gasteiger partial charge in [0, 0.05) is 40.0 Å². The van der Waals surface area contributed by atoms with Crippen molar-refractivity contribution in [3.05, 3.63) is 81.2 Å². The van der Waals surface area contributed by atoms with E-state index in [9.17, 15) is 9.59 Å². The van der Waals surface area contributed by atoms with Crippen molar-refractivity contribution >= 4 is 23.4 Å². The van der Waals surface area contributed by atoms with Gasteiger partial charge in [0.15, 0.2) is 5.78 Å². The van der Waals surface area contributed by atoms with Crippen LogP contribution in [0, 0.1) is 0 Å². The summed E-state index contributed by atoms with van der Waals surface area (Å²) in [5, 5.41) is 4.01. The first kappa shape index (κ1) is 23.9. The van der Waals surface area contributed by atoms with Crippen molar-refractivity contribution in [3.8, 4) is 11.5 Å². The number of halogens is 1. The van der Waals surface area contributed by atoms with Crippen LogP contribution in [-0.4, -0.2) is 32.6 Å². The van der Waals surface area contributed by atoms with Gasteiger partial charge in [0.25, 0.3) is 0 Å². The third kappa shape index (κ3) is 4.42. The lowest BCUT2D eigenvalue weighted by Crippen LogP contribution is -2.36. The van der Waals surface area contributed by atoms with Crippen LogP contribution in [-0.2, 0) is 14.3 Å². The number of carbonyl (C=O) groups is 2. The molecule has 2 aromatic rings. The van der Waals surface area contributed by atoms with E-state index in [0.29, 0.717) is 46.2 Å². The summed E-state index contributed by atoms with van der Waals surface area (Å²) in [6.07, 6.45) is 0.984. The quantitative estimate of drug-likeness (QED) is 0.566. The van der Waals surface area contributed by atoms with Crippen LogP contribution >= 0.6 is 11.6 Å². The summed E-state index contributed by atoms with van der Waals surface area (Å²) in [4.78, 5) is 26.7. The summed E-state index contributed by atoms with van der Waals surface area (Å²) in [6, 6.07) is 13.0. The highest BCUT2D eigenvalue weighted by molar-refractivity contribution is 6.30. The van der Waals surface area contributed by atoms with Crippen molar-refractivity contribution in [1.82, 2.24) is 5.32 Å². The average molecular weight is 482 g/mol. The van der Waals surface area contributed by atoms with E-state index in [4.69, 9.17) is 25.8 Å². The maximum absolute atomic E-state index is 13.7. The molecule has 1 N–H and O–H groups in total. The molecule has 1 heterocycles. The smallest absolute Gasteiger partial charge is 0.336 e. The molecule has 0 saturated heterocycles. The molecule has 6 nitrogen and oxygen atoms in total. The fourth-order valence-corrected chi connectivity index (χ4v) is 4.98. The number of dihydropyridines is 1. The molecular formula is C27H28ClNO5. The van der Waals surface area contributed by atoms with Crippen LogP contribution in [0.5, 0.6) is 11.5 Å². The van der Waals surface area contributed by atoms with Gasteiger partial charge in [0.05, 0.1) is 32.3 Å². The number of hydrogen-bond donors (Lipinski definition) is 1. The van der Waals surface area contributed by atoms with Crippen molar-refractivity contribution < 1.29 is 23.8 Å². The Kier molecular flexibility index (Phi) is 6.98. The Hall–Kier alpha value is -3.25. The zero-order chi connectivity index (χ0) is 24.4. The van der Waals surface area contributed by atoms with E-state index in [1.165, 1.54) is 0 Å². The molecular weight excluding hydrogens is 454 g/mol. The highest BCUT2D eigenvalue weighted by atomic mass is 35.5. The number of ketones is 1. The zero-order valence-electron chi connectivity index (χ0n) is 19.7. The van der Waals surface area contributed by atoms with Crippen LogP contribution in [0.2, 0.25) is 5.02 Å². The van der Waals surface area contributed by atoms with Crippen molar-refractivity contribution in [2.75, 3.05) is 20.8 Å². The monoisotopic (exact) mass is 481 g/mol. The van der Waals surface area contributed by atoms with Gasteiger partial charge in [-0.1, -0.05) is 29.8 Å². The third-order valence-electron chi connectivity index (χ3n) is 6.42. The number of ether oxygens (including phenoxy) is 3. The van der Waals surface area contributed by atoms with Gasteiger partial charge in [-0.25, -0.2) is 4.79 Å². The molecule has 0 bridgehead atoms. The molecule has 1 aliphatic carbocycles. The first-order valence-electron chi connectivity index (χ1n) is 11.3. The SMILES string of the molecule is CCOC(=O)C1=C(C)NC2=C(C(=O)C[C@@H](c3ccc(Cl)cc3)C2)[C@@H]1c1ccc(OC)cc1OC. The van der Waals surface area contributed by atoms with Crippen LogP contribution in [0.4, 0.5) is 0 Å². The minimum Gasteiger partial charge on any atom is -0.497 e. The molecule has 0 saturated carbocycles. The fraction of sp³-hybridized carbons (Fsp3) is 0.333. The van der Waals surface area contributed by atoms with Crippen molar-refractivity contribution in [2.45, 2.75) is 38.5 Å². The molecule has 0 amide bonds. The van der Waals surface area contributed by atoms with Crippen molar-refractivity contribution in [2.24, 2.45) is 0 Å². The Bertz CT molecular complexity index is 1180. The lowest BCUT2D eigenvalue weighted by molar-refractivity contribution is -0.138. The van der Waals surface area contributed by atoms with Gasteiger partial charge in [-0.15, -0.1) is 0 Å². The minimum atomic E-state index is -0.602. The molecule has 178 valence electrons. The number of allylic oxidation sites excluding steroid dienone is 3. The molecule has 4 rings (SSSR count). The highest BCUT2D eigenvalue weighted by Gasteiger charge is 2.42. The summed E-state index contributed by atoms with van der Waals surface area (Å²) in [5.41, 5.74) is 4.28. The Morgan fingerprint density at radius 2 is 1.82 bits per heavy atom. The second kappa shape index (κ2) is 9.94. The molecule has 0 spiro atoms. The Morgan fingerprint density at radius 1 is 1.09 bits per heavy atom. The number of Topliss-reactive ketones (excluding diaryl/α,β-unsaturated/α-hetero) is 1. The van der Waals surface area contributed by atoms with Crippen molar-refractivity contribution in [1.29, 1.82) is 0 Å². The molecule has 0 fully saturated rings. The number of hydrogen-bond acceptors (Lipinski definition) is 6. The first-order valence-corrected chi connectivity index (χ1v) is 11.6. The second-order valence-corrected chi connectivity index (χ2v) is 8.83. The lowest BCUT2D eigenvalue weighted by atomic mass is 9.71. The van der Waals surface area contributed by atoms with Gasteiger partial charge in [0.1, 0.15) is 11.5 Å². The third-order valence-corrected chi connectivity index (χ3v) is 6.67. The molecule has 0 radical (unpaired) electrons. The summed E-state index contributed by atoms with van der Waals surface area (Å²) < 4.78 is 16.4. The van der Waals surface area contributed by atoms with E-state index in [2.05, 4.69) is 5.32 Å². The summed E-state index contributed by atoms with van der Waals surface area (Å²) >= 11 is 6.06. The minimum absolute atomic E-state index is 0.00845. The topological polar surface area (TPSA) is 73.9 Å². The summed E-state index contributed by atoms with van der Waals surface area (Å²) in [7, 11) is 3.14. The Morgan fingerprint density at radius 3 is 2.47 bits per heavy atom. The Balaban J connectivity index is 1.84. The van der Waals surface area contributed by atoms with Gasteiger partial charge in [-0.05, 0) is 49.9 Å². The standard InChI is InChI=1S/C27H28ClNO5/c1-5-34-27(31)24-15(2)29-21-12-17(16-6-8-18(28)9-7-16)13-22(30)26(21)25(24)20-11-10-19(32-3)14-23(20)33-4/h6-11,14,17,25,29H,5,12-13H2,1-4H3/t17-,25+/m0/s1. The van der Waals surface area contributed by atoms with Gasteiger partial charge in [0.2, 0.25) is 0 Å². The fourth-order valence-electron chi connectivity index (χ4n) is 4.86. The second-order valence-electron chi connectivity index (χ2n) is 8.40. The normalized spacial score (nSPS) is 20.0. The van der Waals surface area contributed by atoms with Crippen LogP contribution in [0.3, 0.4) is 0 Å². The summed E-state index contributed by atoms with van der Waals surface area (Å²) in [5.74, 6) is 0.127. The van der Waals surface area contributed by atoms with Gasteiger partial charge in [-0.2, -0.15) is 0 Å². The number of carbonyl (C=O) groups excluding carboxylic acids is 2. The zero-order valence-corrected chi connectivity index (χ0v) is 20.5. The molecule has 34 heavy (non-hydrogen) atoms. The number of nitrogens with one attached hydrogen (secondary N) is 1. The maximum Gasteiger partial charge on any atom is 0.336 e. The molecule has 0 unspecified atom stereocenters. The highest BCUT2D eigenvalue weighted by Crippen LogP contribution is 2.48. The van der Waals surface area contributed by atoms with Crippen molar-refractivity contribution in [3.63, 3.8) is 0 Å².